The zero-order chi connectivity index (χ0) is 40.8. The number of ketones is 2. The third kappa shape index (κ3) is 9.70. The maximum absolute atomic E-state index is 14.3. The first-order chi connectivity index (χ1) is 27.3. The highest BCUT2D eigenvalue weighted by atomic mass is 32.1. The van der Waals surface area contributed by atoms with Crippen LogP contribution >= 0.6 is 11.3 Å². The standard InChI is InChI=1S/C41H44N8O7S/c1-22-15-27(50)20-49(4)41(56)24(3)45-37(53)23(2)44-36(52)14-13-35(51)32(16-25-18-42-30-11-7-5-9-28(25)30)46-38(54)33(47-39(55)34-21-57-40(22)48-34)17-26-19-43-31-12-8-6-10-29(26)31/h5-12,18-19,21-23,32-33,42-43H,3,13-17,20H2,1-2,4H3,(H,44,52)(H,45,53)(H,46,54)(H,47,55)/t22-,23+,32-,33-/m0/s1. The van der Waals surface area contributed by atoms with Gasteiger partial charge in [-0.25, -0.2) is 4.98 Å². The van der Waals surface area contributed by atoms with Gasteiger partial charge in [-0.05, 0) is 30.2 Å². The first-order valence-corrected chi connectivity index (χ1v) is 19.4. The molecule has 1 aliphatic heterocycles. The van der Waals surface area contributed by atoms with Crippen molar-refractivity contribution in [1.29, 1.82) is 0 Å². The van der Waals surface area contributed by atoms with Crippen LogP contribution in [0.1, 0.15) is 65.7 Å². The molecule has 6 N–H and O–H groups in total. The highest BCUT2D eigenvalue weighted by Crippen LogP contribution is 2.25. The van der Waals surface area contributed by atoms with E-state index < -0.39 is 59.4 Å². The van der Waals surface area contributed by atoms with Gasteiger partial charge in [0, 0.05) is 84.6 Å². The highest BCUT2D eigenvalue weighted by Gasteiger charge is 2.31. The van der Waals surface area contributed by atoms with Gasteiger partial charge in [0.2, 0.25) is 17.7 Å². The van der Waals surface area contributed by atoms with Crippen molar-refractivity contribution in [3.63, 3.8) is 0 Å². The Morgan fingerprint density at radius 3 is 2.05 bits per heavy atom. The Morgan fingerprint density at radius 1 is 0.789 bits per heavy atom. The number of H-pyrrole nitrogens is 2. The lowest BCUT2D eigenvalue weighted by atomic mass is 9.97. The van der Waals surface area contributed by atoms with Crippen molar-refractivity contribution >= 4 is 74.2 Å². The SMILES string of the molecule is C=C1NC(=O)[C@@H](C)NC(=O)CCC(=O)[C@H](Cc2c[nH]c3ccccc23)NC(=O)[C@H](Cc2c[nH]c3ccccc23)NC(=O)c2csc(n2)[C@@H](C)CC(=O)CN(C)C1=O. The summed E-state index contributed by atoms with van der Waals surface area (Å²) in [6, 6.07) is 11.7. The largest absolute Gasteiger partial charge is 0.361 e. The second-order valence-corrected chi connectivity index (χ2v) is 15.2. The van der Waals surface area contributed by atoms with E-state index in [0.717, 1.165) is 37.8 Å². The monoisotopic (exact) mass is 792 g/mol. The van der Waals surface area contributed by atoms with Crippen LogP contribution < -0.4 is 21.3 Å². The molecular formula is C41H44N8O7S. The van der Waals surface area contributed by atoms with Crippen LogP contribution in [0.4, 0.5) is 0 Å². The average molecular weight is 793 g/mol. The van der Waals surface area contributed by atoms with Crippen LogP contribution in [-0.2, 0) is 41.6 Å². The van der Waals surface area contributed by atoms with Gasteiger partial charge in [0.15, 0.2) is 11.6 Å². The zero-order valence-corrected chi connectivity index (χ0v) is 32.6. The van der Waals surface area contributed by atoms with Gasteiger partial charge in [-0.2, -0.15) is 0 Å². The fourth-order valence-corrected chi connectivity index (χ4v) is 7.64. The Morgan fingerprint density at radius 2 is 1.40 bits per heavy atom. The Bertz CT molecular complexity index is 2380. The van der Waals surface area contributed by atoms with Crippen molar-refractivity contribution in [3.8, 4) is 0 Å². The van der Waals surface area contributed by atoms with Gasteiger partial charge in [0.1, 0.15) is 17.8 Å². The van der Waals surface area contributed by atoms with E-state index in [9.17, 15) is 33.6 Å². The van der Waals surface area contributed by atoms with Gasteiger partial charge >= 0.3 is 0 Å². The zero-order valence-electron chi connectivity index (χ0n) is 31.8. The van der Waals surface area contributed by atoms with E-state index in [1.54, 1.807) is 24.7 Å². The molecule has 5 amide bonds. The van der Waals surface area contributed by atoms with Crippen LogP contribution in [0.2, 0.25) is 0 Å². The van der Waals surface area contributed by atoms with E-state index in [0.29, 0.717) is 5.01 Å². The van der Waals surface area contributed by atoms with Gasteiger partial charge in [-0.3, -0.25) is 33.6 Å². The quantitative estimate of drug-likeness (QED) is 0.148. The molecule has 0 saturated heterocycles. The predicted molar refractivity (Wildman–Crippen MR) is 214 cm³/mol. The number of carbonyl (C=O) groups excluding carboxylic acids is 7. The first-order valence-electron chi connectivity index (χ1n) is 18.5. The molecule has 6 rings (SSSR count). The molecule has 0 radical (unpaired) electrons. The Balaban J connectivity index is 1.32. The molecule has 3 aromatic heterocycles. The molecule has 296 valence electrons. The van der Waals surface area contributed by atoms with Crippen molar-refractivity contribution < 1.29 is 33.6 Å². The molecule has 57 heavy (non-hydrogen) atoms. The number of aromatic nitrogens is 3. The third-order valence-corrected chi connectivity index (χ3v) is 11.0. The van der Waals surface area contributed by atoms with Gasteiger partial charge < -0.3 is 36.1 Å². The van der Waals surface area contributed by atoms with Gasteiger partial charge in [0.25, 0.3) is 11.8 Å². The van der Waals surface area contributed by atoms with Crippen LogP contribution in [0, 0.1) is 0 Å². The molecule has 1 aliphatic rings. The maximum atomic E-state index is 14.3. The van der Waals surface area contributed by atoms with Crippen LogP contribution in [0.5, 0.6) is 0 Å². The molecule has 4 heterocycles. The van der Waals surface area contributed by atoms with E-state index in [2.05, 4.69) is 42.8 Å². The van der Waals surface area contributed by atoms with Crippen molar-refractivity contribution in [2.45, 2.75) is 70.0 Å². The molecule has 2 bridgehead atoms. The summed E-state index contributed by atoms with van der Waals surface area (Å²) in [5.74, 6) is -4.41. The lowest BCUT2D eigenvalue weighted by Gasteiger charge is -2.23. The number of rotatable bonds is 4. The lowest BCUT2D eigenvalue weighted by Crippen LogP contribution is -2.53. The third-order valence-electron chi connectivity index (χ3n) is 9.90. The van der Waals surface area contributed by atoms with Crippen molar-refractivity contribution in [2.75, 3.05) is 13.6 Å². The number of Topliss-reactive ketones (excluding diaryl/α,β-unsaturated/α-hetero) is 2. The average Bonchev–Trinajstić information content (AvgIpc) is 3.95. The second kappa shape index (κ2) is 17.6. The summed E-state index contributed by atoms with van der Waals surface area (Å²) < 4.78 is 0. The molecule has 5 aromatic rings. The van der Waals surface area contributed by atoms with Gasteiger partial charge in [-0.1, -0.05) is 49.9 Å². The summed E-state index contributed by atoms with van der Waals surface area (Å²) in [5, 5.41) is 14.4. The van der Waals surface area contributed by atoms with Crippen molar-refractivity contribution in [1.82, 2.24) is 41.1 Å². The van der Waals surface area contributed by atoms with Gasteiger partial charge in [0.05, 0.1) is 23.3 Å². The molecular weight excluding hydrogens is 749 g/mol. The molecule has 0 saturated carbocycles. The van der Waals surface area contributed by atoms with E-state index in [1.807, 2.05) is 48.5 Å². The predicted octanol–water partition coefficient (Wildman–Crippen LogP) is 3.19. The molecule has 0 spiro atoms. The fourth-order valence-electron chi connectivity index (χ4n) is 6.78. The van der Waals surface area contributed by atoms with Crippen LogP contribution in [0.3, 0.4) is 0 Å². The lowest BCUT2D eigenvalue weighted by molar-refractivity contribution is -0.133. The molecule has 0 aliphatic carbocycles. The number of carbonyl (C=O) groups is 7. The Labute approximate surface area is 332 Å². The second-order valence-electron chi connectivity index (χ2n) is 14.3. The number of amides is 5. The minimum Gasteiger partial charge on any atom is -0.361 e. The summed E-state index contributed by atoms with van der Waals surface area (Å²) >= 11 is 1.19. The van der Waals surface area contributed by atoms with Gasteiger partial charge in [-0.15, -0.1) is 11.3 Å². The topological polar surface area (TPSA) is 215 Å². The van der Waals surface area contributed by atoms with Crippen LogP contribution in [-0.4, -0.2) is 92.7 Å². The number of benzene rings is 2. The summed E-state index contributed by atoms with van der Waals surface area (Å²) in [5.41, 5.74) is 2.95. The molecule has 4 atom stereocenters. The normalized spacial score (nSPS) is 21.6. The maximum Gasteiger partial charge on any atom is 0.271 e. The molecule has 0 unspecified atom stereocenters. The number of likely N-dealkylation sites (N-methyl/N-ethyl adjacent to an activating group) is 1. The molecule has 16 heteroatoms. The first kappa shape index (κ1) is 40.2. The molecule has 15 nitrogen and oxygen atoms in total. The van der Waals surface area contributed by atoms with Crippen LogP contribution in [0.25, 0.3) is 21.8 Å². The van der Waals surface area contributed by atoms with Crippen molar-refractivity contribution in [2.24, 2.45) is 0 Å². The number of nitrogens with one attached hydrogen (secondary N) is 6. The minimum absolute atomic E-state index is 0.00549. The van der Waals surface area contributed by atoms with E-state index in [1.165, 1.54) is 25.3 Å². The Kier molecular flexibility index (Phi) is 12.4. The number of hydrogen-bond acceptors (Lipinski definition) is 9. The minimum atomic E-state index is -1.16. The van der Waals surface area contributed by atoms with Crippen LogP contribution in [0.15, 0.2) is 78.6 Å². The number of hydrogen-bond donors (Lipinski definition) is 6. The van der Waals surface area contributed by atoms with E-state index >= 15 is 0 Å². The molecule has 0 fully saturated rings. The van der Waals surface area contributed by atoms with Crippen molar-refractivity contribution in [3.05, 3.63) is 100 Å². The molecule has 2 aromatic carbocycles. The number of nitrogens with zero attached hydrogens (tertiary/aromatic N) is 2. The summed E-state index contributed by atoms with van der Waals surface area (Å²) in [6.45, 7) is 6.55. The summed E-state index contributed by atoms with van der Waals surface area (Å²) in [7, 11) is 1.40. The smallest absolute Gasteiger partial charge is 0.271 e. The fraction of sp³-hybridized carbons (Fsp3) is 0.317. The summed E-state index contributed by atoms with van der Waals surface area (Å²) in [4.78, 5) is 106. The van der Waals surface area contributed by atoms with E-state index in [-0.39, 0.29) is 55.8 Å². The summed E-state index contributed by atoms with van der Waals surface area (Å²) in [6.07, 6.45) is 3.10. The Hall–Kier alpha value is -6.42. The van der Waals surface area contributed by atoms with E-state index in [4.69, 9.17) is 0 Å². The highest BCUT2D eigenvalue weighted by molar-refractivity contribution is 7.09. The number of aromatic amines is 2. The number of para-hydroxylation sites is 2. The number of fused-ring (bicyclic) bond motifs is 4. The number of thiazole rings is 1.